The summed E-state index contributed by atoms with van der Waals surface area (Å²) < 4.78 is 6.54. The van der Waals surface area contributed by atoms with E-state index in [1.54, 1.807) is 12.4 Å². The van der Waals surface area contributed by atoms with Gasteiger partial charge in [0.2, 0.25) is 0 Å². The second-order valence-corrected chi connectivity index (χ2v) is 7.91. The molecule has 9 heteroatoms. The number of aryl methyl sites for hydroxylation is 1. The van der Waals surface area contributed by atoms with E-state index >= 15 is 0 Å². The topological polar surface area (TPSA) is 88.4 Å². The van der Waals surface area contributed by atoms with Crippen molar-refractivity contribution in [3.63, 3.8) is 0 Å². The zero-order valence-electron chi connectivity index (χ0n) is 18.8. The minimum atomic E-state index is -0.442. The van der Waals surface area contributed by atoms with E-state index in [0.717, 1.165) is 55.4 Å². The maximum Gasteiger partial charge on any atom is 0.407 e. The van der Waals surface area contributed by atoms with Gasteiger partial charge in [0.05, 0.1) is 13.3 Å². The highest BCUT2D eigenvalue weighted by atomic mass is 16.5. The van der Waals surface area contributed by atoms with Gasteiger partial charge in [-0.25, -0.2) is 9.78 Å². The molecule has 1 aliphatic rings. The average molecular weight is 436 g/mol. The molecule has 0 saturated carbocycles. The summed E-state index contributed by atoms with van der Waals surface area (Å²) in [7, 11) is 3.34. The van der Waals surface area contributed by atoms with E-state index < -0.39 is 6.09 Å². The average Bonchev–Trinajstić information content (AvgIpc) is 3.15. The predicted octanol–water partition coefficient (Wildman–Crippen LogP) is 2.36. The van der Waals surface area contributed by atoms with Gasteiger partial charge in [-0.05, 0) is 12.5 Å². The number of hydrogen-bond donors (Lipinski definition) is 1. The number of anilines is 1. The first-order valence-electron chi connectivity index (χ1n) is 10.7. The van der Waals surface area contributed by atoms with E-state index in [0.29, 0.717) is 6.54 Å². The number of alkyl carbamates (subject to hydrolysis) is 1. The normalized spacial score (nSPS) is 14.4. The Morgan fingerprint density at radius 3 is 2.47 bits per heavy atom. The largest absolute Gasteiger partial charge is 0.453 e. The standard InChI is InChI=1S/C23H29N7O2/c1-17-20(15-27-28(17)2)16-29-10-12-30(13-11-29)22-21(24-8-9-25-22)19-6-4-18(5-7-19)14-26-23(31)32-3/h4-9,15H,10-14,16H2,1-3H3,(H,26,31). The Labute approximate surface area is 188 Å². The number of piperazine rings is 1. The molecule has 2 aromatic heterocycles. The predicted molar refractivity (Wildman–Crippen MR) is 122 cm³/mol. The lowest BCUT2D eigenvalue weighted by atomic mass is 10.1. The molecule has 0 radical (unpaired) electrons. The van der Waals surface area contributed by atoms with Crippen LogP contribution in [0.5, 0.6) is 0 Å². The van der Waals surface area contributed by atoms with E-state index in [4.69, 9.17) is 0 Å². The van der Waals surface area contributed by atoms with Crippen LogP contribution in [0.2, 0.25) is 0 Å². The van der Waals surface area contributed by atoms with Crippen LogP contribution in [0, 0.1) is 6.92 Å². The molecule has 168 valence electrons. The molecule has 3 heterocycles. The van der Waals surface area contributed by atoms with Crippen molar-refractivity contribution in [2.75, 3.05) is 38.2 Å². The van der Waals surface area contributed by atoms with Gasteiger partial charge < -0.3 is 15.0 Å². The molecule has 0 atom stereocenters. The molecule has 1 saturated heterocycles. The molecule has 3 aromatic rings. The minimum Gasteiger partial charge on any atom is -0.453 e. The molecular formula is C23H29N7O2. The SMILES string of the molecule is COC(=O)NCc1ccc(-c2nccnc2N2CCN(Cc3cnn(C)c3C)CC2)cc1. The number of benzene rings is 1. The van der Waals surface area contributed by atoms with Gasteiger partial charge in [-0.1, -0.05) is 24.3 Å². The van der Waals surface area contributed by atoms with Crippen molar-refractivity contribution >= 4 is 11.9 Å². The highest BCUT2D eigenvalue weighted by molar-refractivity contribution is 5.72. The van der Waals surface area contributed by atoms with Gasteiger partial charge >= 0.3 is 6.09 Å². The number of nitrogens with zero attached hydrogens (tertiary/aromatic N) is 6. The Hall–Kier alpha value is -3.46. The molecule has 4 rings (SSSR count). The summed E-state index contributed by atoms with van der Waals surface area (Å²) in [5.74, 6) is 0.908. The molecule has 0 unspecified atom stereocenters. The monoisotopic (exact) mass is 435 g/mol. The number of carbonyl (C=O) groups is 1. The van der Waals surface area contributed by atoms with E-state index in [-0.39, 0.29) is 0 Å². The lowest BCUT2D eigenvalue weighted by Crippen LogP contribution is -2.46. The first-order valence-corrected chi connectivity index (χ1v) is 10.7. The molecule has 1 aliphatic heterocycles. The number of rotatable bonds is 6. The zero-order valence-corrected chi connectivity index (χ0v) is 18.8. The van der Waals surface area contributed by atoms with Crippen LogP contribution in [0.3, 0.4) is 0 Å². The zero-order chi connectivity index (χ0) is 22.5. The number of ether oxygens (including phenoxy) is 1. The van der Waals surface area contributed by atoms with Crippen LogP contribution >= 0.6 is 0 Å². The van der Waals surface area contributed by atoms with Crippen molar-refractivity contribution in [3.8, 4) is 11.3 Å². The molecule has 1 amide bonds. The second kappa shape index (κ2) is 9.78. The van der Waals surface area contributed by atoms with Gasteiger partial charge in [0.15, 0.2) is 5.82 Å². The van der Waals surface area contributed by atoms with E-state index in [1.165, 1.54) is 18.4 Å². The second-order valence-electron chi connectivity index (χ2n) is 7.91. The summed E-state index contributed by atoms with van der Waals surface area (Å²) in [4.78, 5) is 25.3. The number of carbonyl (C=O) groups excluding carboxylic acids is 1. The maximum atomic E-state index is 11.3. The smallest absolute Gasteiger partial charge is 0.407 e. The van der Waals surface area contributed by atoms with Gasteiger partial charge in [-0.2, -0.15) is 5.10 Å². The van der Waals surface area contributed by atoms with Crippen molar-refractivity contribution in [1.29, 1.82) is 0 Å². The summed E-state index contributed by atoms with van der Waals surface area (Å²) in [6, 6.07) is 8.00. The molecular weight excluding hydrogens is 406 g/mol. The Bertz CT molecular complexity index is 1060. The van der Waals surface area contributed by atoms with Gasteiger partial charge in [-0.3, -0.25) is 14.6 Å². The number of aromatic nitrogens is 4. The third-order valence-corrected chi connectivity index (χ3v) is 5.93. The van der Waals surface area contributed by atoms with Gasteiger partial charge in [0, 0.05) is 75.5 Å². The number of methoxy groups -OCH3 is 1. The van der Waals surface area contributed by atoms with E-state index in [1.807, 2.05) is 42.2 Å². The first-order chi connectivity index (χ1) is 15.5. The van der Waals surface area contributed by atoms with Gasteiger partial charge in [0.1, 0.15) is 5.69 Å². The first kappa shape index (κ1) is 21.8. The summed E-state index contributed by atoms with van der Waals surface area (Å²) >= 11 is 0. The Morgan fingerprint density at radius 1 is 1.09 bits per heavy atom. The minimum absolute atomic E-state index is 0.415. The molecule has 0 spiro atoms. The highest BCUT2D eigenvalue weighted by Crippen LogP contribution is 2.28. The van der Waals surface area contributed by atoms with Crippen LogP contribution in [-0.2, 0) is 24.9 Å². The lowest BCUT2D eigenvalue weighted by molar-refractivity contribution is 0.170. The van der Waals surface area contributed by atoms with Crippen molar-refractivity contribution in [2.24, 2.45) is 7.05 Å². The van der Waals surface area contributed by atoms with E-state index in [9.17, 15) is 4.79 Å². The fourth-order valence-electron chi connectivity index (χ4n) is 3.85. The molecule has 9 nitrogen and oxygen atoms in total. The summed E-state index contributed by atoms with van der Waals surface area (Å²) in [5.41, 5.74) is 5.36. The Balaban J connectivity index is 1.41. The third kappa shape index (κ3) is 4.88. The van der Waals surface area contributed by atoms with Crippen molar-refractivity contribution in [2.45, 2.75) is 20.0 Å². The molecule has 0 aliphatic carbocycles. The number of amides is 1. The highest BCUT2D eigenvalue weighted by Gasteiger charge is 2.22. The van der Waals surface area contributed by atoms with Crippen molar-refractivity contribution in [1.82, 2.24) is 30.0 Å². The van der Waals surface area contributed by atoms with Gasteiger partial charge in [-0.15, -0.1) is 0 Å². The van der Waals surface area contributed by atoms with E-state index in [2.05, 4.69) is 41.8 Å². The summed E-state index contributed by atoms with van der Waals surface area (Å²) in [6.45, 7) is 7.16. The number of hydrogen-bond acceptors (Lipinski definition) is 7. The third-order valence-electron chi connectivity index (χ3n) is 5.93. The van der Waals surface area contributed by atoms with Crippen LogP contribution in [0.4, 0.5) is 10.6 Å². The van der Waals surface area contributed by atoms with Crippen LogP contribution in [-0.4, -0.2) is 64.0 Å². The lowest BCUT2D eigenvalue weighted by Gasteiger charge is -2.35. The van der Waals surface area contributed by atoms with Crippen molar-refractivity contribution in [3.05, 3.63) is 59.7 Å². The van der Waals surface area contributed by atoms with Crippen LogP contribution in [0.25, 0.3) is 11.3 Å². The van der Waals surface area contributed by atoms with Crippen LogP contribution < -0.4 is 10.2 Å². The quantitative estimate of drug-likeness (QED) is 0.636. The molecule has 0 bridgehead atoms. The molecule has 1 aromatic carbocycles. The Morgan fingerprint density at radius 2 is 1.81 bits per heavy atom. The molecule has 32 heavy (non-hydrogen) atoms. The summed E-state index contributed by atoms with van der Waals surface area (Å²) in [6.07, 6.45) is 5.00. The summed E-state index contributed by atoms with van der Waals surface area (Å²) in [5, 5.41) is 7.04. The van der Waals surface area contributed by atoms with Crippen molar-refractivity contribution < 1.29 is 9.53 Å². The molecule has 1 N–H and O–H groups in total. The fraction of sp³-hybridized carbons (Fsp3) is 0.391. The number of nitrogens with one attached hydrogen (secondary N) is 1. The maximum absolute atomic E-state index is 11.3. The van der Waals surface area contributed by atoms with Gasteiger partial charge in [0.25, 0.3) is 0 Å². The van der Waals surface area contributed by atoms with Crippen LogP contribution in [0.15, 0.2) is 42.9 Å². The fourth-order valence-corrected chi connectivity index (χ4v) is 3.85. The molecule has 1 fully saturated rings. The van der Waals surface area contributed by atoms with Crippen LogP contribution in [0.1, 0.15) is 16.8 Å². The Kier molecular flexibility index (Phi) is 6.65.